The van der Waals surface area contributed by atoms with Crippen molar-refractivity contribution in [2.24, 2.45) is 0 Å². The van der Waals surface area contributed by atoms with E-state index in [1.54, 1.807) is 25.7 Å². The number of amides is 3. The average Bonchev–Trinajstić information content (AvgIpc) is 3.74. The standard InChI is InChI=1S/C28H35N9O4/c1-28(2,3)41-27(40)30-21(25(38)36-10-4-5-18(36)13-29)15-35-14-19-12-23(35)26(39)37(19)22-9-7-16-11-17(6-8-20(16)22)24-31-33-34-32-24/h6,8,11,18-19,21-23H,4-5,7,9-10,12,14-15H2,1-3H3,(H,30,40)(H,31,32,33,34)/t18?,19-,21?,22?,23?/m0/s1. The quantitative estimate of drug-likeness (QED) is 0.533. The van der Waals surface area contributed by atoms with Gasteiger partial charge in [-0.3, -0.25) is 14.5 Å². The van der Waals surface area contributed by atoms with E-state index in [9.17, 15) is 19.6 Å². The Balaban J connectivity index is 1.16. The molecule has 2 aromatic rings. The first-order valence-electron chi connectivity index (χ1n) is 14.3. The molecule has 1 aromatic carbocycles. The summed E-state index contributed by atoms with van der Waals surface area (Å²) in [5, 5.41) is 26.4. The number of alkyl carbamates (subject to hydrolysis) is 1. The number of fused-ring (bicyclic) bond motifs is 3. The van der Waals surface area contributed by atoms with Crippen LogP contribution < -0.4 is 5.32 Å². The predicted molar refractivity (Wildman–Crippen MR) is 145 cm³/mol. The lowest BCUT2D eigenvalue weighted by atomic mass is 10.0. The molecule has 4 aliphatic rings. The zero-order valence-electron chi connectivity index (χ0n) is 23.5. The first-order valence-corrected chi connectivity index (χ1v) is 14.3. The number of ether oxygens (including phenoxy) is 1. The first-order chi connectivity index (χ1) is 19.6. The Morgan fingerprint density at radius 1 is 1.27 bits per heavy atom. The van der Waals surface area contributed by atoms with Gasteiger partial charge in [0.15, 0.2) is 5.82 Å². The van der Waals surface area contributed by atoms with Crippen molar-refractivity contribution in [3.05, 3.63) is 29.3 Å². The topological polar surface area (TPSA) is 160 Å². The van der Waals surface area contributed by atoms with Crippen LogP contribution in [0.2, 0.25) is 0 Å². The smallest absolute Gasteiger partial charge is 0.408 e. The molecule has 5 atom stereocenters. The zero-order chi connectivity index (χ0) is 28.9. The fourth-order valence-electron chi connectivity index (χ4n) is 6.85. The lowest BCUT2D eigenvalue weighted by Crippen LogP contribution is -2.59. The molecule has 0 spiro atoms. The van der Waals surface area contributed by atoms with E-state index in [-0.39, 0.29) is 36.5 Å². The number of nitriles is 1. The fourth-order valence-corrected chi connectivity index (χ4v) is 6.85. The molecule has 3 saturated heterocycles. The maximum absolute atomic E-state index is 13.7. The summed E-state index contributed by atoms with van der Waals surface area (Å²) < 4.78 is 5.44. The summed E-state index contributed by atoms with van der Waals surface area (Å²) in [6.07, 6.45) is 3.07. The minimum absolute atomic E-state index is 0.00913. The Morgan fingerprint density at radius 3 is 2.80 bits per heavy atom. The monoisotopic (exact) mass is 561 g/mol. The SMILES string of the molecule is CC(C)(C)OC(=O)NC(CN1C[C@@H]2CC1C(=O)N2C1CCc2cc(-c3nnn[nH]3)ccc21)C(=O)N1CCCC1C#N. The summed E-state index contributed by atoms with van der Waals surface area (Å²) in [5.41, 5.74) is 2.54. The number of hydrogen-bond acceptors (Lipinski definition) is 9. The number of rotatable bonds is 6. The molecule has 41 heavy (non-hydrogen) atoms. The van der Waals surface area contributed by atoms with Gasteiger partial charge < -0.3 is 19.9 Å². The molecule has 3 aliphatic heterocycles. The largest absolute Gasteiger partial charge is 0.444 e. The molecule has 1 aliphatic carbocycles. The van der Waals surface area contributed by atoms with Crippen LogP contribution in [0.15, 0.2) is 18.2 Å². The van der Waals surface area contributed by atoms with E-state index < -0.39 is 23.8 Å². The van der Waals surface area contributed by atoms with E-state index in [0.29, 0.717) is 31.8 Å². The van der Waals surface area contributed by atoms with Gasteiger partial charge in [-0.25, -0.2) is 9.89 Å². The fraction of sp³-hybridized carbons (Fsp3) is 0.607. The summed E-state index contributed by atoms with van der Waals surface area (Å²) in [5.74, 6) is 0.360. The molecule has 0 radical (unpaired) electrons. The Hall–Kier alpha value is -4.05. The van der Waals surface area contributed by atoms with Gasteiger partial charge in [0, 0.05) is 31.2 Å². The number of aromatic nitrogens is 4. The highest BCUT2D eigenvalue weighted by Crippen LogP contribution is 2.44. The van der Waals surface area contributed by atoms with E-state index in [0.717, 1.165) is 30.4 Å². The molecule has 1 aromatic heterocycles. The third-order valence-electron chi connectivity index (χ3n) is 8.55. The van der Waals surface area contributed by atoms with Crippen LogP contribution in [0.25, 0.3) is 11.4 Å². The molecule has 13 heteroatoms. The molecule has 4 heterocycles. The molecular formula is C28H35N9O4. The van der Waals surface area contributed by atoms with Gasteiger partial charge in [0.1, 0.15) is 17.7 Å². The molecule has 6 rings (SSSR count). The minimum Gasteiger partial charge on any atom is -0.444 e. The number of likely N-dealkylation sites (tertiary alicyclic amines) is 3. The Kier molecular flexibility index (Phi) is 6.89. The van der Waals surface area contributed by atoms with Crippen molar-refractivity contribution in [1.29, 1.82) is 5.26 Å². The van der Waals surface area contributed by atoms with Crippen LogP contribution in [0.3, 0.4) is 0 Å². The molecule has 3 fully saturated rings. The lowest BCUT2D eigenvalue weighted by Gasteiger charge is -2.39. The normalized spacial score (nSPS) is 26.2. The van der Waals surface area contributed by atoms with Crippen LogP contribution in [0.1, 0.15) is 63.6 Å². The van der Waals surface area contributed by atoms with Crippen molar-refractivity contribution in [3.8, 4) is 17.5 Å². The number of aromatic amines is 1. The third kappa shape index (κ3) is 5.12. The minimum atomic E-state index is -0.921. The van der Waals surface area contributed by atoms with Gasteiger partial charge in [-0.2, -0.15) is 5.26 Å². The van der Waals surface area contributed by atoms with Crippen LogP contribution >= 0.6 is 0 Å². The maximum atomic E-state index is 13.7. The van der Waals surface area contributed by atoms with Crippen LogP contribution in [-0.4, -0.2) is 103 Å². The molecule has 3 amide bonds. The number of nitrogens with one attached hydrogen (secondary N) is 2. The second kappa shape index (κ2) is 10.4. The van der Waals surface area contributed by atoms with Gasteiger partial charge in [0.05, 0.1) is 18.2 Å². The van der Waals surface area contributed by atoms with Crippen LogP contribution in [-0.2, 0) is 20.7 Å². The molecule has 216 valence electrons. The highest BCUT2D eigenvalue weighted by atomic mass is 16.6. The van der Waals surface area contributed by atoms with Crippen LogP contribution in [0, 0.1) is 11.3 Å². The van der Waals surface area contributed by atoms with E-state index in [2.05, 4.69) is 44.1 Å². The molecule has 2 bridgehead atoms. The van der Waals surface area contributed by atoms with Gasteiger partial charge in [-0.05, 0) is 80.5 Å². The molecule has 13 nitrogen and oxygen atoms in total. The number of aryl methyl sites for hydroxylation is 1. The second-order valence-corrected chi connectivity index (χ2v) is 12.3. The first kappa shape index (κ1) is 27.1. The van der Waals surface area contributed by atoms with Gasteiger partial charge >= 0.3 is 6.09 Å². The predicted octanol–water partition coefficient (Wildman–Crippen LogP) is 1.55. The second-order valence-electron chi connectivity index (χ2n) is 12.3. The average molecular weight is 562 g/mol. The maximum Gasteiger partial charge on any atom is 0.408 e. The zero-order valence-corrected chi connectivity index (χ0v) is 23.5. The molecular weight excluding hydrogens is 526 g/mol. The Bertz CT molecular complexity index is 1380. The summed E-state index contributed by atoms with van der Waals surface area (Å²) in [6.45, 7) is 6.55. The van der Waals surface area contributed by atoms with Gasteiger partial charge in [0.25, 0.3) is 0 Å². The number of benzene rings is 1. The number of piperazine rings is 1. The van der Waals surface area contributed by atoms with Crippen molar-refractivity contribution < 1.29 is 19.1 Å². The highest BCUT2D eigenvalue weighted by Gasteiger charge is 2.53. The lowest BCUT2D eigenvalue weighted by molar-refractivity contribution is -0.141. The van der Waals surface area contributed by atoms with Gasteiger partial charge in [-0.15, -0.1) is 5.10 Å². The van der Waals surface area contributed by atoms with E-state index in [4.69, 9.17) is 4.74 Å². The van der Waals surface area contributed by atoms with Crippen molar-refractivity contribution in [2.75, 3.05) is 19.6 Å². The van der Waals surface area contributed by atoms with Crippen LogP contribution in [0.5, 0.6) is 0 Å². The van der Waals surface area contributed by atoms with Crippen molar-refractivity contribution in [1.82, 2.24) is 40.6 Å². The summed E-state index contributed by atoms with van der Waals surface area (Å²) in [6, 6.07) is 6.59. The van der Waals surface area contributed by atoms with Crippen molar-refractivity contribution >= 4 is 17.9 Å². The Labute approximate surface area is 238 Å². The number of carbonyl (C=O) groups is 3. The third-order valence-corrected chi connectivity index (χ3v) is 8.55. The summed E-state index contributed by atoms with van der Waals surface area (Å²) >= 11 is 0. The molecule has 4 unspecified atom stereocenters. The number of tetrazole rings is 1. The van der Waals surface area contributed by atoms with E-state index in [1.165, 1.54) is 5.56 Å². The van der Waals surface area contributed by atoms with Crippen LogP contribution in [0.4, 0.5) is 4.79 Å². The number of nitrogens with zero attached hydrogens (tertiary/aromatic N) is 7. The van der Waals surface area contributed by atoms with Crippen molar-refractivity contribution in [2.45, 2.75) is 88.7 Å². The number of H-pyrrole nitrogens is 1. The summed E-state index contributed by atoms with van der Waals surface area (Å²) in [7, 11) is 0. The van der Waals surface area contributed by atoms with Crippen molar-refractivity contribution in [3.63, 3.8) is 0 Å². The molecule has 0 saturated carbocycles. The highest BCUT2D eigenvalue weighted by molar-refractivity contribution is 5.88. The van der Waals surface area contributed by atoms with E-state index in [1.807, 2.05) is 15.9 Å². The van der Waals surface area contributed by atoms with E-state index >= 15 is 0 Å². The molecule has 2 N–H and O–H groups in total. The van der Waals surface area contributed by atoms with Gasteiger partial charge in [0.2, 0.25) is 11.8 Å². The number of carbonyl (C=O) groups excluding carboxylic acids is 3. The Morgan fingerprint density at radius 2 is 2.10 bits per heavy atom. The van der Waals surface area contributed by atoms with Gasteiger partial charge in [-0.1, -0.05) is 12.1 Å². The summed E-state index contributed by atoms with van der Waals surface area (Å²) in [4.78, 5) is 45.6. The number of hydrogen-bond donors (Lipinski definition) is 2.